The van der Waals surface area contributed by atoms with Crippen LogP contribution in [0.4, 0.5) is 0 Å². The number of esters is 1. The molecule has 0 aromatic heterocycles. The Labute approximate surface area is 57.9 Å². The molecule has 0 rings (SSSR count). The number of carbonyl (C=O) groups is 2. The molecular formula is C5H10O5. The van der Waals surface area contributed by atoms with Gasteiger partial charge in [-0.2, -0.15) is 0 Å². The molecule has 0 aliphatic carbocycles. The predicted octanol–water partition coefficient (Wildman–Crippen LogP) is -1.73. The van der Waals surface area contributed by atoms with Crippen molar-refractivity contribution in [2.45, 2.75) is 0 Å². The van der Waals surface area contributed by atoms with Gasteiger partial charge in [0.15, 0.2) is 0 Å². The highest BCUT2D eigenvalue weighted by Gasteiger charge is 1.92. The SMILES string of the molecule is C=CCOC(=O)C=O.O.O. The number of rotatable bonds is 3. The van der Waals surface area contributed by atoms with Crippen molar-refractivity contribution in [3.8, 4) is 0 Å². The zero-order valence-corrected chi connectivity index (χ0v) is 5.29. The quantitative estimate of drug-likeness (QED) is 0.206. The van der Waals surface area contributed by atoms with E-state index in [0.29, 0.717) is 0 Å². The molecule has 0 unspecified atom stereocenters. The van der Waals surface area contributed by atoms with Gasteiger partial charge in [0.1, 0.15) is 6.61 Å². The highest BCUT2D eigenvalue weighted by molar-refractivity contribution is 6.20. The Morgan fingerprint density at radius 1 is 1.50 bits per heavy atom. The summed E-state index contributed by atoms with van der Waals surface area (Å²) < 4.78 is 4.22. The van der Waals surface area contributed by atoms with Crippen LogP contribution in [0.3, 0.4) is 0 Å². The second-order valence-corrected chi connectivity index (χ2v) is 1.04. The summed E-state index contributed by atoms with van der Waals surface area (Å²) >= 11 is 0. The Hall–Kier alpha value is -1.20. The number of aldehydes is 1. The molecular weight excluding hydrogens is 140 g/mol. The molecule has 0 amide bonds. The normalized spacial score (nSPS) is 6.00. The van der Waals surface area contributed by atoms with Crippen molar-refractivity contribution in [1.29, 1.82) is 0 Å². The minimum absolute atomic E-state index is 0. The topological polar surface area (TPSA) is 106 Å². The fraction of sp³-hybridized carbons (Fsp3) is 0.200. The molecule has 0 atom stereocenters. The summed E-state index contributed by atoms with van der Waals surface area (Å²) in [7, 11) is 0. The van der Waals surface area contributed by atoms with E-state index in [1.165, 1.54) is 6.08 Å². The summed E-state index contributed by atoms with van der Waals surface area (Å²) in [5, 5.41) is 0. The molecule has 0 heterocycles. The van der Waals surface area contributed by atoms with Crippen LogP contribution in [0.2, 0.25) is 0 Å². The van der Waals surface area contributed by atoms with Crippen molar-refractivity contribution in [1.82, 2.24) is 0 Å². The average molecular weight is 150 g/mol. The van der Waals surface area contributed by atoms with Crippen LogP contribution >= 0.6 is 0 Å². The van der Waals surface area contributed by atoms with Gasteiger partial charge >= 0.3 is 5.97 Å². The maximum atomic E-state index is 9.93. The smallest absolute Gasteiger partial charge is 0.371 e. The van der Waals surface area contributed by atoms with Crippen molar-refractivity contribution >= 4 is 12.3 Å². The lowest BCUT2D eigenvalue weighted by atomic mass is 10.7. The number of hydrogen-bond donors (Lipinski definition) is 0. The Balaban J connectivity index is -0.000000245. The summed E-state index contributed by atoms with van der Waals surface area (Å²) in [6.07, 6.45) is 1.50. The Kier molecular flexibility index (Phi) is 17.1. The maximum Gasteiger partial charge on any atom is 0.371 e. The van der Waals surface area contributed by atoms with E-state index >= 15 is 0 Å². The Morgan fingerprint density at radius 2 is 2.00 bits per heavy atom. The highest BCUT2D eigenvalue weighted by Crippen LogP contribution is 1.72. The van der Waals surface area contributed by atoms with Crippen LogP contribution in [-0.2, 0) is 14.3 Å². The third kappa shape index (κ3) is 9.93. The zero-order chi connectivity index (χ0) is 6.41. The summed E-state index contributed by atoms with van der Waals surface area (Å²) in [6, 6.07) is 0. The monoisotopic (exact) mass is 150 g/mol. The van der Waals surface area contributed by atoms with Crippen LogP contribution in [0.15, 0.2) is 12.7 Å². The number of hydrogen-bond acceptors (Lipinski definition) is 3. The van der Waals surface area contributed by atoms with Gasteiger partial charge in [0.25, 0.3) is 0 Å². The van der Waals surface area contributed by atoms with Crippen LogP contribution in [0.1, 0.15) is 0 Å². The van der Waals surface area contributed by atoms with E-state index in [2.05, 4.69) is 11.3 Å². The van der Waals surface area contributed by atoms with Crippen LogP contribution in [-0.4, -0.2) is 29.8 Å². The van der Waals surface area contributed by atoms with Crippen LogP contribution < -0.4 is 0 Å². The molecule has 4 N–H and O–H groups in total. The largest absolute Gasteiger partial charge is 0.456 e. The molecule has 0 saturated heterocycles. The lowest BCUT2D eigenvalue weighted by molar-refractivity contribution is -0.147. The fourth-order valence-corrected chi connectivity index (χ4v) is 0.175. The molecule has 0 aliphatic heterocycles. The molecule has 0 spiro atoms. The van der Waals surface area contributed by atoms with E-state index in [-0.39, 0.29) is 23.8 Å². The summed E-state index contributed by atoms with van der Waals surface area (Å²) in [5.74, 6) is -0.857. The average Bonchev–Trinajstić information content (AvgIpc) is 1.83. The molecule has 0 saturated carbocycles. The van der Waals surface area contributed by atoms with E-state index in [1.54, 1.807) is 0 Å². The van der Waals surface area contributed by atoms with E-state index in [4.69, 9.17) is 0 Å². The van der Waals surface area contributed by atoms with Gasteiger partial charge < -0.3 is 15.7 Å². The van der Waals surface area contributed by atoms with Crippen LogP contribution in [0, 0.1) is 0 Å². The van der Waals surface area contributed by atoms with Gasteiger partial charge in [-0.25, -0.2) is 4.79 Å². The van der Waals surface area contributed by atoms with Crippen LogP contribution in [0.25, 0.3) is 0 Å². The minimum atomic E-state index is -0.857. The zero-order valence-electron chi connectivity index (χ0n) is 5.29. The first-order valence-corrected chi connectivity index (χ1v) is 2.04. The standard InChI is InChI=1S/C5H6O3.2H2O/c1-2-3-8-5(7)4-6;;/h2,4H,1,3H2;2*1H2. The second kappa shape index (κ2) is 10.7. The van der Waals surface area contributed by atoms with Crippen molar-refractivity contribution in [3.05, 3.63) is 12.7 Å². The predicted molar refractivity (Wildman–Crippen MR) is 34.4 cm³/mol. The molecule has 0 aromatic rings. The molecule has 10 heavy (non-hydrogen) atoms. The van der Waals surface area contributed by atoms with Gasteiger partial charge in [-0.15, -0.1) is 0 Å². The molecule has 60 valence electrons. The summed E-state index contributed by atoms with van der Waals surface area (Å²) in [5.41, 5.74) is 0. The van der Waals surface area contributed by atoms with Gasteiger partial charge in [0, 0.05) is 0 Å². The fourth-order valence-electron chi connectivity index (χ4n) is 0.175. The van der Waals surface area contributed by atoms with Crippen molar-refractivity contribution < 1.29 is 25.3 Å². The van der Waals surface area contributed by atoms with Gasteiger partial charge in [-0.3, -0.25) is 4.79 Å². The first kappa shape index (κ1) is 15.9. The summed E-state index contributed by atoms with van der Waals surface area (Å²) in [6.45, 7) is 3.37. The lowest BCUT2D eigenvalue weighted by Gasteiger charge is -1.90. The third-order valence-corrected chi connectivity index (χ3v) is 0.440. The van der Waals surface area contributed by atoms with E-state index in [9.17, 15) is 9.59 Å². The third-order valence-electron chi connectivity index (χ3n) is 0.440. The van der Waals surface area contributed by atoms with E-state index < -0.39 is 5.97 Å². The van der Waals surface area contributed by atoms with E-state index in [1.807, 2.05) is 0 Å². The Bertz CT molecular complexity index is 109. The maximum absolute atomic E-state index is 9.93. The van der Waals surface area contributed by atoms with Gasteiger partial charge in [-0.1, -0.05) is 12.7 Å². The molecule has 5 heteroatoms. The number of ether oxygens (including phenoxy) is 1. The van der Waals surface area contributed by atoms with Crippen molar-refractivity contribution in [2.75, 3.05) is 6.61 Å². The molecule has 0 bridgehead atoms. The summed E-state index contributed by atoms with van der Waals surface area (Å²) in [4.78, 5) is 19.4. The van der Waals surface area contributed by atoms with E-state index in [0.717, 1.165) is 0 Å². The minimum Gasteiger partial charge on any atom is -0.456 e. The van der Waals surface area contributed by atoms with Gasteiger partial charge in [0.05, 0.1) is 0 Å². The van der Waals surface area contributed by atoms with Gasteiger partial charge in [0.2, 0.25) is 6.29 Å². The second-order valence-electron chi connectivity index (χ2n) is 1.04. The Morgan fingerprint density at radius 3 is 2.30 bits per heavy atom. The first-order chi connectivity index (χ1) is 3.81. The van der Waals surface area contributed by atoms with Crippen LogP contribution in [0.5, 0.6) is 0 Å². The van der Waals surface area contributed by atoms with Crippen molar-refractivity contribution in [3.63, 3.8) is 0 Å². The molecule has 0 fully saturated rings. The molecule has 5 nitrogen and oxygen atoms in total. The number of carbonyl (C=O) groups excluding carboxylic acids is 2. The first-order valence-electron chi connectivity index (χ1n) is 2.04. The lowest BCUT2D eigenvalue weighted by Crippen LogP contribution is -2.04. The molecule has 0 aliphatic rings. The molecule has 0 radical (unpaired) electrons. The highest BCUT2D eigenvalue weighted by atomic mass is 16.5. The van der Waals surface area contributed by atoms with Gasteiger partial charge in [-0.05, 0) is 0 Å². The van der Waals surface area contributed by atoms with Crippen molar-refractivity contribution in [2.24, 2.45) is 0 Å². The molecule has 0 aromatic carbocycles.